The van der Waals surface area contributed by atoms with Crippen LogP contribution in [0.25, 0.3) is 11.2 Å². The van der Waals surface area contributed by atoms with E-state index in [0.717, 1.165) is 34.8 Å². The number of rotatable bonds is 7. The highest BCUT2D eigenvalue weighted by molar-refractivity contribution is 5.76. The quantitative estimate of drug-likeness (QED) is 0.695. The Hall–Kier alpha value is -2.70. The number of aryl methyl sites for hydroxylation is 4. The maximum Gasteiger partial charge on any atom is 0.222 e. The summed E-state index contributed by atoms with van der Waals surface area (Å²) in [6.07, 6.45) is 2.97. The van der Waals surface area contributed by atoms with Gasteiger partial charge in [-0.05, 0) is 44.4 Å². The second-order valence-electron chi connectivity index (χ2n) is 7.53. The minimum absolute atomic E-state index is 0.00761. The standard InChI is InChI=1S/C20H28N6O/c1-13(2)11-17(20-23-16-7-6-9-21-19(16)25(20)5)22-18(27)8-10-26-15(4)12-14(3)24-26/h6-7,9,12-13,17H,8,10-11H2,1-5H3,(H,22,27)/t17-/m0/s1. The number of carbonyl (C=O) groups excluding carboxylic acids is 1. The van der Waals surface area contributed by atoms with Crippen molar-refractivity contribution in [2.24, 2.45) is 13.0 Å². The maximum absolute atomic E-state index is 12.6. The summed E-state index contributed by atoms with van der Waals surface area (Å²) in [5.41, 5.74) is 3.72. The highest BCUT2D eigenvalue weighted by Gasteiger charge is 2.22. The van der Waals surface area contributed by atoms with Crippen LogP contribution in [0.15, 0.2) is 24.4 Å². The molecule has 0 aliphatic heterocycles. The molecule has 3 rings (SSSR count). The Morgan fingerprint density at radius 1 is 1.30 bits per heavy atom. The van der Waals surface area contributed by atoms with Gasteiger partial charge in [-0.1, -0.05) is 13.8 Å². The number of imidazole rings is 1. The lowest BCUT2D eigenvalue weighted by Gasteiger charge is -2.20. The Balaban J connectivity index is 1.75. The summed E-state index contributed by atoms with van der Waals surface area (Å²) in [5, 5.41) is 7.59. The van der Waals surface area contributed by atoms with Crippen molar-refractivity contribution in [3.05, 3.63) is 41.6 Å². The van der Waals surface area contributed by atoms with Crippen molar-refractivity contribution in [2.75, 3.05) is 0 Å². The molecule has 0 aromatic carbocycles. The molecule has 0 aliphatic carbocycles. The number of pyridine rings is 1. The average Bonchev–Trinajstić information content (AvgIpc) is 3.11. The van der Waals surface area contributed by atoms with Crippen LogP contribution >= 0.6 is 0 Å². The predicted octanol–water partition coefficient (Wildman–Crippen LogP) is 3.08. The van der Waals surface area contributed by atoms with E-state index in [2.05, 4.69) is 29.2 Å². The van der Waals surface area contributed by atoms with Gasteiger partial charge in [0.2, 0.25) is 5.91 Å². The molecule has 0 aliphatic rings. The van der Waals surface area contributed by atoms with Crippen LogP contribution < -0.4 is 5.32 Å². The van der Waals surface area contributed by atoms with Gasteiger partial charge in [-0.2, -0.15) is 5.10 Å². The third-order valence-corrected chi connectivity index (χ3v) is 4.67. The third kappa shape index (κ3) is 4.35. The Labute approximate surface area is 159 Å². The summed E-state index contributed by atoms with van der Waals surface area (Å²) in [6.45, 7) is 8.84. The first-order valence-electron chi connectivity index (χ1n) is 9.43. The van der Waals surface area contributed by atoms with E-state index in [4.69, 9.17) is 4.98 Å². The van der Waals surface area contributed by atoms with E-state index >= 15 is 0 Å². The van der Waals surface area contributed by atoms with Crippen molar-refractivity contribution in [3.63, 3.8) is 0 Å². The van der Waals surface area contributed by atoms with Crippen molar-refractivity contribution in [1.29, 1.82) is 0 Å². The van der Waals surface area contributed by atoms with Crippen LogP contribution in [0.5, 0.6) is 0 Å². The number of nitrogens with one attached hydrogen (secondary N) is 1. The minimum atomic E-state index is -0.142. The van der Waals surface area contributed by atoms with E-state index in [9.17, 15) is 4.79 Å². The van der Waals surface area contributed by atoms with E-state index in [1.807, 2.05) is 48.3 Å². The summed E-state index contributed by atoms with van der Waals surface area (Å²) in [4.78, 5) is 21.8. The summed E-state index contributed by atoms with van der Waals surface area (Å²) in [7, 11) is 1.95. The van der Waals surface area contributed by atoms with E-state index in [1.165, 1.54) is 0 Å². The number of amides is 1. The van der Waals surface area contributed by atoms with Gasteiger partial charge in [-0.3, -0.25) is 9.48 Å². The number of nitrogens with zero attached hydrogens (tertiary/aromatic N) is 5. The molecule has 0 bridgehead atoms. The normalized spacial score (nSPS) is 12.7. The van der Waals surface area contributed by atoms with E-state index < -0.39 is 0 Å². The van der Waals surface area contributed by atoms with E-state index in [-0.39, 0.29) is 11.9 Å². The second kappa shape index (κ2) is 7.90. The van der Waals surface area contributed by atoms with Gasteiger partial charge in [-0.25, -0.2) is 9.97 Å². The largest absolute Gasteiger partial charge is 0.346 e. The topological polar surface area (TPSA) is 77.6 Å². The molecule has 1 atom stereocenters. The fourth-order valence-electron chi connectivity index (χ4n) is 3.43. The summed E-state index contributed by atoms with van der Waals surface area (Å²) in [6, 6.07) is 5.70. The molecule has 0 spiro atoms. The van der Waals surface area contributed by atoms with Gasteiger partial charge >= 0.3 is 0 Å². The maximum atomic E-state index is 12.6. The second-order valence-corrected chi connectivity index (χ2v) is 7.53. The van der Waals surface area contributed by atoms with Gasteiger partial charge in [0, 0.05) is 31.9 Å². The predicted molar refractivity (Wildman–Crippen MR) is 105 cm³/mol. The molecule has 3 aromatic rings. The van der Waals surface area contributed by atoms with E-state index in [1.54, 1.807) is 6.20 Å². The molecular weight excluding hydrogens is 340 g/mol. The van der Waals surface area contributed by atoms with Gasteiger partial charge in [0.25, 0.3) is 0 Å². The molecule has 27 heavy (non-hydrogen) atoms. The first-order chi connectivity index (χ1) is 12.8. The van der Waals surface area contributed by atoms with Crippen LogP contribution in [0.2, 0.25) is 0 Å². The minimum Gasteiger partial charge on any atom is -0.346 e. The summed E-state index contributed by atoms with van der Waals surface area (Å²) < 4.78 is 3.86. The van der Waals surface area contributed by atoms with Crippen LogP contribution in [0.1, 0.15) is 49.9 Å². The molecule has 0 unspecified atom stereocenters. The van der Waals surface area contributed by atoms with Crippen molar-refractivity contribution < 1.29 is 4.79 Å². The monoisotopic (exact) mass is 368 g/mol. The lowest BCUT2D eigenvalue weighted by Crippen LogP contribution is -2.32. The molecular formula is C20H28N6O. The van der Waals surface area contributed by atoms with E-state index in [0.29, 0.717) is 18.9 Å². The number of hydrogen-bond donors (Lipinski definition) is 1. The molecule has 1 amide bonds. The fourth-order valence-corrected chi connectivity index (χ4v) is 3.43. The highest BCUT2D eigenvalue weighted by Crippen LogP contribution is 2.23. The molecule has 7 nitrogen and oxygen atoms in total. The molecule has 0 saturated carbocycles. The van der Waals surface area contributed by atoms with Gasteiger partial charge in [0.05, 0.1) is 11.7 Å². The van der Waals surface area contributed by atoms with Gasteiger partial charge in [0.1, 0.15) is 11.3 Å². The van der Waals surface area contributed by atoms with Crippen molar-refractivity contribution in [3.8, 4) is 0 Å². The Kier molecular flexibility index (Phi) is 5.58. The molecule has 1 N–H and O–H groups in total. The molecule has 0 saturated heterocycles. The number of fused-ring (bicyclic) bond motifs is 1. The van der Waals surface area contributed by atoms with Crippen LogP contribution in [-0.2, 0) is 18.4 Å². The smallest absolute Gasteiger partial charge is 0.222 e. The van der Waals surface area contributed by atoms with Gasteiger partial charge < -0.3 is 9.88 Å². The van der Waals surface area contributed by atoms with Crippen molar-refractivity contribution in [2.45, 2.75) is 53.1 Å². The lowest BCUT2D eigenvalue weighted by atomic mass is 10.0. The molecule has 144 valence electrons. The number of carbonyl (C=O) groups is 1. The van der Waals surface area contributed by atoms with Crippen molar-refractivity contribution in [1.82, 2.24) is 29.6 Å². The Bertz CT molecular complexity index is 939. The van der Waals surface area contributed by atoms with Crippen LogP contribution in [0.4, 0.5) is 0 Å². The van der Waals surface area contributed by atoms with Gasteiger partial charge in [0.15, 0.2) is 5.65 Å². The molecule has 0 radical (unpaired) electrons. The zero-order valence-electron chi connectivity index (χ0n) is 16.7. The lowest BCUT2D eigenvalue weighted by molar-refractivity contribution is -0.122. The zero-order valence-corrected chi connectivity index (χ0v) is 16.7. The van der Waals surface area contributed by atoms with Crippen LogP contribution in [-0.4, -0.2) is 30.2 Å². The number of hydrogen-bond acceptors (Lipinski definition) is 4. The first kappa shape index (κ1) is 19.1. The molecule has 3 aromatic heterocycles. The Morgan fingerprint density at radius 3 is 2.70 bits per heavy atom. The molecule has 0 fully saturated rings. The van der Waals surface area contributed by atoms with Crippen molar-refractivity contribution >= 4 is 17.1 Å². The Morgan fingerprint density at radius 2 is 2.07 bits per heavy atom. The number of aromatic nitrogens is 5. The third-order valence-electron chi connectivity index (χ3n) is 4.67. The molecule has 7 heteroatoms. The van der Waals surface area contributed by atoms with Crippen LogP contribution in [0, 0.1) is 19.8 Å². The highest BCUT2D eigenvalue weighted by atomic mass is 16.1. The summed E-state index contributed by atoms with van der Waals surface area (Å²) >= 11 is 0. The zero-order chi connectivity index (χ0) is 19.6. The summed E-state index contributed by atoms with van der Waals surface area (Å²) in [5.74, 6) is 1.28. The fraction of sp³-hybridized carbons (Fsp3) is 0.500. The SMILES string of the molecule is Cc1cc(C)n(CCC(=O)N[C@@H](CC(C)C)c2nc3cccnc3n2C)n1. The first-order valence-corrected chi connectivity index (χ1v) is 9.43. The average molecular weight is 368 g/mol. The molecule has 3 heterocycles. The van der Waals surface area contributed by atoms with Gasteiger partial charge in [-0.15, -0.1) is 0 Å². The van der Waals surface area contributed by atoms with Crippen LogP contribution in [0.3, 0.4) is 0 Å².